The zero-order valence-corrected chi connectivity index (χ0v) is 14.6. The maximum Gasteiger partial charge on any atom is 0.270 e. The van der Waals surface area contributed by atoms with Gasteiger partial charge in [0.05, 0.1) is 5.25 Å². The highest BCUT2D eigenvalue weighted by atomic mass is 32.2. The first kappa shape index (κ1) is 17.2. The maximum atomic E-state index is 12.4. The number of carbonyl (C=O) groups is 1. The molecule has 2 N–H and O–H groups in total. The van der Waals surface area contributed by atoms with E-state index < -0.39 is 26.7 Å². The summed E-state index contributed by atoms with van der Waals surface area (Å²) < 4.78 is 26.9. The van der Waals surface area contributed by atoms with Crippen LogP contribution >= 0.6 is 0 Å². The third-order valence-corrected chi connectivity index (χ3v) is 6.88. The Morgan fingerprint density at radius 3 is 2.46 bits per heavy atom. The van der Waals surface area contributed by atoms with Crippen molar-refractivity contribution >= 4 is 15.9 Å². The lowest BCUT2D eigenvalue weighted by Gasteiger charge is -2.21. The van der Waals surface area contributed by atoms with E-state index in [9.17, 15) is 18.0 Å². The quantitative estimate of drug-likeness (QED) is 0.814. The van der Waals surface area contributed by atoms with Crippen molar-refractivity contribution < 1.29 is 13.2 Å². The normalized spacial score (nSPS) is 19.3. The van der Waals surface area contributed by atoms with Gasteiger partial charge >= 0.3 is 0 Å². The number of pyridine rings is 1. The molecule has 1 fully saturated rings. The monoisotopic (exact) mass is 352 g/mol. The SMILES string of the molecule is O=C(NS(=O)(=O)C1CCCCC1)c1cc2c([nH]c1=O)CCCCC2. The number of hydrogen-bond acceptors (Lipinski definition) is 4. The third kappa shape index (κ3) is 3.71. The highest BCUT2D eigenvalue weighted by Crippen LogP contribution is 2.23. The number of hydrogen-bond donors (Lipinski definition) is 2. The summed E-state index contributed by atoms with van der Waals surface area (Å²) in [7, 11) is -3.73. The molecule has 6 nitrogen and oxygen atoms in total. The topological polar surface area (TPSA) is 96.1 Å². The molecule has 0 radical (unpaired) electrons. The fraction of sp³-hybridized carbons (Fsp3) is 0.647. The van der Waals surface area contributed by atoms with Crippen LogP contribution in [0.25, 0.3) is 0 Å². The molecule has 1 heterocycles. The summed E-state index contributed by atoms with van der Waals surface area (Å²) in [6.07, 6.45) is 8.63. The molecule has 0 atom stereocenters. The molecule has 0 aromatic carbocycles. The van der Waals surface area contributed by atoms with Crippen molar-refractivity contribution in [2.45, 2.75) is 69.5 Å². The molecule has 2 aliphatic carbocycles. The summed E-state index contributed by atoms with van der Waals surface area (Å²) >= 11 is 0. The van der Waals surface area contributed by atoms with E-state index in [-0.39, 0.29) is 5.56 Å². The minimum Gasteiger partial charge on any atom is -0.325 e. The molecule has 1 aromatic heterocycles. The van der Waals surface area contributed by atoms with E-state index in [0.29, 0.717) is 12.8 Å². The Bertz CT molecular complexity index is 776. The van der Waals surface area contributed by atoms with E-state index in [1.165, 1.54) is 0 Å². The zero-order chi connectivity index (χ0) is 17.2. The summed E-state index contributed by atoms with van der Waals surface area (Å²) in [6.45, 7) is 0. The van der Waals surface area contributed by atoms with E-state index in [2.05, 4.69) is 9.71 Å². The van der Waals surface area contributed by atoms with Crippen molar-refractivity contribution in [2.75, 3.05) is 0 Å². The standard InChI is InChI=1S/C17H24N2O4S/c20-16-14(11-12-7-3-1-6-10-15(12)18-16)17(21)19-24(22,23)13-8-4-2-5-9-13/h11,13H,1-10H2,(H,18,20)(H,19,21). The van der Waals surface area contributed by atoms with Gasteiger partial charge in [-0.15, -0.1) is 0 Å². The summed E-state index contributed by atoms with van der Waals surface area (Å²) in [5.41, 5.74) is 1.22. The number of aromatic nitrogens is 1. The predicted octanol–water partition coefficient (Wildman–Crippen LogP) is 2.04. The second-order valence-corrected chi connectivity index (χ2v) is 8.77. The molecule has 1 saturated carbocycles. The van der Waals surface area contributed by atoms with Crippen molar-refractivity contribution in [3.63, 3.8) is 0 Å². The molecule has 0 saturated heterocycles. The number of H-pyrrole nitrogens is 1. The van der Waals surface area contributed by atoms with Crippen LogP contribution in [0.2, 0.25) is 0 Å². The Kier molecular flexibility index (Phi) is 5.08. The number of amides is 1. The largest absolute Gasteiger partial charge is 0.325 e. The molecular weight excluding hydrogens is 328 g/mol. The third-order valence-electron chi connectivity index (χ3n) is 5.06. The first-order valence-corrected chi connectivity index (χ1v) is 10.3. The molecule has 24 heavy (non-hydrogen) atoms. The second-order valence-electron chi connectivity index (χ2n) is 6.81. The van der Waals surface area contributed by atoms with Crippen molar-refractivity contribution in [3.8, 4) is 0 Å². The van der Waals surface area contributed by atoms with Crippen molar-refractivity contribution in [2.24, 2.45) is 0 Å². The Hall–Kier alpha value is -1.63. The molecule has 2 aliphatic rings. The average Bonchev–Trinajstić information content (AvgIpc) is 2.79. The summed E-state index contributed by atoms with van der Waals surface area (Å²) in [5, 5.41) is -0.532. The molecule has 0 unspecified atom stereocenters. The lowest BCUT2D eigenvalue weighted by molar-refractivity contribution is 0.0979. The summed E-state index contributed by atoms with van der Waals surface area (Å²) in [5.74, 6) is -0.811. The number of rotatable bonds is 3. The highest BCUT2D eigenvalue weighted by molar-refractivity contribution is 7.90. The molecule has 3 rings (SSSR count). The van der Waals surface area contributed by atoms with Crippen LogP contribution in [0.5, 0.6) is 0 Å². The van der Waals surface area contributed by atoms with Crippen LogP contribution in [0, 0.1) is 0 Å². The molecule has 0 aliphatic heterocycles. The van der Waals surface area contributed by atoms with Gasteiger partial charge < -0.3 is 4.98 Å². The minimum absolute atomic E-state index is 0.102. The fourth-order valence-corrected chi connectivity index (χ4v) is 5.15. The van der Waals surface area contributed by atoms with Crippen molar-refractivity contribution in [1.29, 1.82) is 0 Å². The summed E-state index contributed by atoms with van der Waals surface area (Å²) in [6, 6.07) is 1.57. The van der Waals surface area contributed by atoms with Gasteiger partial charge in [-0.25, -0.2) is 13.1 Å². The van der Waals surface area contributed by atoms with E-state index in [0.717, 1.165) is 62.6 Å². The van der Waals surface area contributed by atoms with Gasteiger partial charge in [-0.2, -0.15) is 0 Å². The fourth-order valence-electron chi connectivity index (χ4n) is 3.66. The van der Waals surface area contributed by atoms with E-state index >= 15 is 0 Å². The molecule has 1 amide bonds. The molecule has 0 spiro atoms. The van der Waals surface area contributed by atoms with Gasteiger partial charge in [-0.05, 0) is 50.2 Å². The average molecular weight is 352 g/mol. The van der Waals surface area contributed by atoms with Crippen LogP contribution in [0.3, 0.4) is 0 Å². The number of aryl methyl sites for hydroxylation is 2. The Balaban J connectivity index is 1.82. The summed E-state index contributed by atoms with van der Waals surface area (Å²) in [4.78, 5) is 27.4. The van der Waals surface area contributed by atoms with Gasteiger partial charge in [0.15, 0.2) is 0 Å². The maximum absolute atomic E-state index is 12.4. The number of fused-ring (bicyclic) bond motifs is 1. The lowest BCUT2D eigenvalue weighted by atomic mass is 10.0. The van der Waals surface area contributed by atoms with Gasteiger partial charge in [0.2, 0.25) is 10.0 Å². The van der Waals surface area contributed by atoms with Gasteiger partial charge in [0.1, 0.15) is 5.56 Å². The Morgan fingerprint density at radius 2 is 1.71 bits per heavy atom. The molecular formula is C17H24N2O4S. The first-order valence-electron chi connectivity index (χ1n) is 8.78. The number of aromatic amines is 1. The molecule has 1 aromatic rings. The molecule has 0 bridgehead atoms. The van der Waals surface area contributed by atoms with E-state index in [1.54, 1.807) is 6.07 Å². The van der Waals surface area contributed by atoms with Gasteiger partial charge in [0.25, 0.3) is 11.5 Å². The lowest BCUT2D eigenvalue weighted by Crippen LogP contribution is -2.41. The van der Waals surface area contributed by atoms with E-state index in [4.69, 9.17) is 0 Å². The Morgan fingerprint density at radius 1 is 1.04 bits per heavy atom. The van der Waals surface area contributed by atoms with Crippen LogP contribution in [0.15, 0.2) is 10.9 Å². The van der Waals surface area contributed by atoms with Gasteiger partial charge in [0, 0.05) is 5.69 Å². The molecule has 132 valence electrons. The predicted molar refractivity (Wildman–Crippen MR) is 91.6 cm³/mol. The highest BCUT2D eigenvalue weighted by Gasteiger charge is 2.30. The van der Waals surface area contributed by atoms with Gasteiger partial charge in [-0.1, -0.05) is 25.7 Å². The zero-order valence-electron chi connectivity index (χ0n) is 13.8. The van der Waals surface area contributed by atoms with Crippen molar-refractivity contribution in [1.82, 2.24) is 9.71 Å². The van der Waals surface area contributed by atoms with Crippen molar-refractivity contribution in [3.05, 3.63) is 33.2 Å². The number of sulfonamides is 1. The van der Waals surface area contributed by atoms with Crippen LogP contribution in [-0.4, -0.2) is 24.6 Å². The Labute approximate surface area is 142 Å². The van der Waals surface area contributed by atoms with Crippen LogP contribution < -0.4 is 10.3 Å². The molecule has 7 heteroatoms. The number of nitrogens with one attached hydrogen (secondary N) is 2. The van der Waals surface area contributed by atoms with Gasteiger partial charge in [-0.3, -0.25) is 9.59 Å². The smallest absolute Gasteiger partial charge is 0.270 e. The van der Waals surface area contributed by atoms with Crippen LogP contribution in [-0.2, 0) is 22.9 Å². The van der Waals surface area contributed by atoms with Crippen LogP contribution in [0.4, 0.5) is 0 Å². The second kappa shape index (κ2) is 7.09. The number of carbonyl (C=O) groups excluding carboxylic acids is 1. The van der Waals surface area contributed by atoms with Crippen LogP contribution in [0.1, 0.15) is 73.0 Å². The van der Waals surface area contributed by atoms with E-state index in [1.807, 2.05) is 0 Å². The minimum atomic E-state index is -3.73. The first-order chi connectivity index (χ1) is 11.5.